The van der Waals surface area contributed by atoms with Crippen LogP contribution in [0.3, 0.4) is 0 Å². The van der Waals surface area contributed by atoms with E-state index in [0.29, 0.717) is 22.2 Å². The van der Waals surface area contributed by atoms with E-state index in [1.54, 1.807) is 29.0 Å². The number of ether oxygens (including phenoxy) is 2. The van der Waals surface area contributed by atoms with Gasteiger partial charge in [-0.2, -0.15) is 0 Å². The SMILES string of the molecule is Nc1ncnc2c1c(COCc1ccccc1[N+](=O)[O-])cn2[C@H]1CC(O)[C@@H](CO)O1. The zero-order chi connectivity index (χ0) is 21.3. The predicted molar refractivity (Wildman–Crippen MR) is 105 cm³/mol. The first-order valence-corrected chi connectivity index (χ1v) is 9.34. The number of hydrogen-bond donors (Lipinski definition) is 3. The minimum Gasteiger partial charge on any atom is -0.394 e. The number of aromatic nitrogens is 3. The van der Waals surface area contributed by atoms with Crippen LogP contribution in [0.25, 0.3) is 11.0 Å². The van der Waals surface area contributed by atoms with Gasteiger partial charge in [0.1, 0.15) is 30.1 Å². The van der Waals surface area contributed by atoms with Crippen molar-refractivity contribution in [3.05, 3.63) is 58.0 Å². The lowest BCUT2D eigenvalue weighted by molar-refractivity contribution is -0.386. The highest BCUT2D eigenvalue weighted by Gasteiger charge is 2.35. The second-order valence-corrected chi connectivity index (χ2v) is 7.01. The Bertz CT molecular complexity index is 1070. The number of nitro benzene ring substituents is 1. The standard InChI is InChI=1S/C19H21N5O6/c20-18-17-12(9-29-8-11-3-1-2-4-13(11)24(27)28)6-23(19(17)22-10-21-18)16-5-14(26)15(7-25)30-16/h1-4,6,10,14-16,25-26H,5,7-9H2,(H2,20,21,22)/t14?,15-,16-/m1/s1. The van der Waals surface area contributed by atoms with Gasteiger partial charge in [-0.25, -0.2) is 9.97 Å². The van der Waals surface area contributed by atoms with E-state index in [0.717, 1.165) is 0 Å². The van der Waals surface area contributed by atoms with E-state index in [-0.39, 0.29) is 37.7 Å². The molecule has 3 heterocycles. The second-order valence-electron chi connectivity index (χ2n) is 7.01. The lowest BCUT2D eigenvalue weighted by Crippen LogP contribution is -2.24. The molecular weight excluding hydrogens is 394 g/mol. The molecule has 0 radical (unpaired) electrons. The van der Waals surface area contributed by atoms with Crippen LogP contribution in [0.4, 0.5) is 11.5 Å². The van der Waals surface area contributed by atoms with Crippen molar-refractivity contribution >= 4 is 22.5 Å². The normalized spacial score (nSPS) is 21.3. The molecule has 1 aliphatic rings. The molecule has 1 aliphatic heterocycles. The van der Waals surface area contributed by atoms with Crippen LogP contribution >= 0.6 is 0 Å². The fraction of sp³-hybridized carbons (Fsp3) is 0.368. The Morgan fingerprint density at radius 1 is 1.30 bits per heavy atom. The Labute approximate surface area is 170 Å². The number of aliphatic hydroxyl groups excluding tert-OH is 2. The van der Waals surface area contributed by atoms with E-state index >= 15 is 0 Å². The molecule has 11 nitrogen and oxygen atoms in total. The van der Waals surface area contributed by atoms with Gasteiger partial charge < -0.3 is 30.0 Å². The summed E-state index contributed by atoms with van der Waals surface area (Å²) in [6, 6.07) is 6.38. The van der Waals surface area contributed by atoms with Crippen LogP contribution in [0.1, 0.15) is 23.8 Å². The largest absolute Gasteiger partial charge is 0.394 e. The molecule has 1 unspecified atom stereocenters. The highest BCUT2D eigenvalue weighted by atomic mass is 16.6. The minimum absolute atomic E-state index is 0.00818. The van der Waals surface area contributed by atoms with Crippen molar-refractivity contribution in [3.8, 4) is 0 Å². The highest BCUT2D eigenvalue weighted by molar-refractivity contribution is 5.89. The van der Waals surface area contributed by atoms with Gasteiger partial charge in [-0.1, -0.05) is 12.1 Å². The summed E-state index contributed by atoms with van der Waals surface area (Å²) >= 11 is 0. The molecule has 3 aromatic rings. The zero-order valence-electron chi connectivity index (χ0n) is 15.9. The molecule has 3 atom stereocenters. The van der Waals surface area contributed by atoms with Gasteiger partial charge in [0.15, 0.2) is 0 Å². The van der Waals surface area contributed by atoms with Crippen LogP contribution < -0.4 is 5.73 Å². The van der Waals surface area contributed by atoms with E-state index in [2.05, 4.69) is 9.97 Å². The molecule has 0 amide bonds. The summed E-state index contributed by atoms with van der Waals surface area (Å²) in [5.74, 6) is 0.264. The summed E-state index contributed by atoms with van der Waals surface area (Å²) in [4.78, 5) is 19.0. The average molecular weight is 415 g/mol. The number of hydrogen-bond acceptors (Lipinski definition) is 9. The van der Waals surface area contributed by atoms with E-state index in [4.69, 9.17) is 15.2 Å². The molecule has 0 bridgehead atoms. The van der Waals surface area contributed by atoms with Gasteiger partial charge in [-0.3, -0.25) is 10.1 Å². The van der Waals surface area contributed by atoms with Crippen LogP contribution in [-0.2, 0) is 22.7 Å². The van der Waals surface area contributed by atoms with Crippen LogP contribution in [0.5, 0.6) is 0 Å². The quantitative estimate of drug-likeness (QED) is 0.381. The number of nitro groups is 1. The fourth-order valence-electron chi connectivity index (χ4n) is 3.65. The Hall–Kier alpha value is -3.12. The van der Waals surface area contributed by atoms with Crippen molar-refractivity contribution in [1.29, 1.82) is 0 Å². The fourth-order valence-corrected chi connectivity index (χ4v) is 3.65. The summed E-state index contributed by atoms with van der Waals surface area (Å²) in [7, 11) is 0. The van der Waals surface area contributed by atoms with E-state index in [1.165, 1.54) is 12.4 Å². The van der Waals surface area contributed by atoms with Crippen molar-refractivity contribution in [2.75, 3.05) is 12.3 Å². The number of nitrogens with two attached hydrogens (primary N) is 1. The smallest absolute Gasteiger partial charge is 0.274 e. The number of benzene rings is 1. The van der Waals surface area contributed by atoms with E-state index in [9.17, 15) is 20.3 Å². The van der Waals surface area contributed by atoms with Gasteiger partial charge in [0.05, 0.1) is 41.8 Å². The number of para-hydroxylation sites is 1. The minimum atomic E-state index is -0.796. The summed E-state index contributed by atoms with van der Waals surface area (Å²) in [5, 5.41) is 31.2. The lowest BCUT2D eigenvalue weighted by Gasteiger charge is -2.14. The van der Waals surface area contributed by atoms with Crippen LogP contribution in [0.15, 0.2) is 36.8 Å². The molecule has 2 aromatic heterocycles. The number of fused-ring (bicyclic) bond motifs is 1. The average Bonchev–Trinajstić information content (AvgIpc) is 3.29. The van der Waals surface area contributed by atoms with Crippen LogP contribution in [-0.4, -0.2) is 48.5 Å². The number of nitrogen functional groups attached to an aromatic ring is 1. The molecule has 4 rings (SSSR count). The van der Waals surface area contributed by atoms with Gasteiger partial charge in [-0.15, -0.1) is 0 Å². The maximum Gasteiger partial charge on any atom is 0.274 e. The summed E-state index contributed by atoms with van der Waals surface area (Å²) in [6.45, 7) is -0.131. The maximum atomic E-state index is 11.2. The van der Waals surface area contributed by atoms with Gasteiger partial charge in [0, 0.05) is 24.2 Å². The maximum absolute atomic E-state index is 11.2. The van der Waals surface area contributed by atoms with Gasteiger partial charge in [-0.05, 0) is 6.07 Å². The molecule has 0 saturated carbocycles. The Kier molecular flexibility index (Phi) is 5.59. The summed E-state index contributed by atoms with van der Waals surface area (Å²) in [5.41, 5.74) is 7.71. The topological polar surface area (TPSA) is 159 Å². The third-order valence-electron chi connectivity index (χ3n) is 5.11. The van der Waals surface area contributed by atoms with Crippen molar-refractivity contribution in [1.82, 2.24) is 14.5 Å². The van der Waals surface area contributed by atoms with Crippen LogP contribution in [0, 0.1) is 10.1 Å². The summed E-state index contributed by atoms with van der Waals surface area (Å²) < 4.78 is 13.2. The Balaban J connectivity index is 1.59. The first kappa shape index (κ1) is 20.2. The monoisotopic (exact) mass is 415 g/mol. The molecule has 1 aromatic carbocycles. The number of rotatable bonds is 7. The van der Waals surface area contributed by atoms with Crippen molar-refractivity contribution in [3.63, 3.8) is 0 Å². The molecular formula is C19H21N5O6. The molecule has 30 heavy (non-hydrogen) atoms. The second kappa shape index (κ2) is 8.32. The van der Waals surface area contributed by atoms with Crippen molar-refractivity contribution in [2.24, 2.45) is 0 Å². The number of anilines is 1. The highest BCUT2D eigenvalue weighted by Crippen LogP contribution is 2.34. The molecule has 0 spiro atoms. The molecule has 11 heteroatoms. The predicted octanol–water partition coefficient (Wildman–Crippen LogP) is 1.28. The zero-order valence-corrected chi connectivity index (χ0v) is 15.9. The first-order valence-electron chi connectivity index (χ1n) is 9.34. The molecule has 0 aliphatic carbocycles. The number of nitrogens with zero attached hydrogens (tertiary/aromatic N) is 4. The number of aliphatic hydroxyl groups is 2. The Morgan fingerprint density at radius 2 is 2.07 bits per heavy atom. The third kappa shape index (κ3) is 3.71. The summed E-state index contributed by atoms with van der Waals surface area (Å²) in [6.07, 6.45) is 1.38. The van der Waals surface area contributed by atoms with Crippen molar-refractivity contribution < 1.29 is 24.6 Å². The van der Waals surface area contributed by atoms with Crippen molar-refractivity contribution in [2.45, 2.75) is 38.1 Å². The molecule has 4 N–H and O–H groups in total. The van der Waals surface area contributed by atoms with E-state index in [1.807, 2.05) is 0 Å². The lowest BCUT2D eigenvalue weighted by atomic mass is 10.2. The van der Waals surface area contributed by atoms with Crippen LogP contribution in [0.2, 0.25) is 0 Å². The van der Waals surface area contributed by atoms with Gasteiger partial charge in [0.2, 0.25) is 0 Å². The molecule has 158 valence electrons. The van der Waals surface area contributed by atoms with Gasteiger partial charge in [0.25, 0.3) is 5.69 Å². The van der Waals surface area contributed by atoms with E-state index < -0.39 is 23.4 Å². The molecule has 1 fully saturated rings. The third-order valence-corrected chi connectivity index (χ3v) is 5.11. The van der Waals surface area contributed by atoms with Gasteiger partial charge >= 0.3 is 0 Å². The Morgan fingerprint density at radius 3 is 2.80 bits per heavy atom. The first-order chi connectivity index (χ1) is 14.5. The molecule has 1 saturated heterocycles.